The summed E-state index contributed by atoms with van der Waals surface area (Å²) in [7, 11) is 4.19. The Hall–Kier alpha value is -1.09. The fourth-order valence-corrected chi connectivity index (χ4v) is 1.70. The third kappa shape index (κ3) is 1.87. The SMILES string of the molecule is CN(C)CCn1ccc2c1=NCCC=2. The molecule has 3 heteroatoms. The van der Waals surface area contributed by atoms with E-state index in [0.717, 1.165) is 31.5 Å². The quantitative estimate of drug-likeness (QED) is 0.651. The molecule has 0 spiro atoms. The van der Waals surface area contributed by atoms with Gasteiger partial charge in [-0.3, -0.25) is 4.99 Å². The van der Waals surface area contributed by atoms with Crippen molar-refractivity contribution >= 4 is 6.08 Å². The van der Waals surface area contributed by atoms with Crippen LogP contribution in [-0.2, 0) is 6.54 Å². The Morgan fingerprint density at radius 2 is 2.36 bits per heavy atom. The molecule has 0 fully saturated rings. The number of rotatable bonds is 3. The van der Waals surface area contributed by atoms with Gasteiger partial charge in [0.05, 0.1) is 0 Å². The molecule has 0 aliphatic carbocycles. The van der Waals surface area contributed by atoms with Crippen molar-refractivity contribution < 1.29 is 0 Å². The maximum atomic E-state index is 4.54. The predicted octanol–water partition coefficient (Wildman–Crippen LogP) is -0.146. The molecule has 1 aromatic heterocycles. The molecule has 2 rings (SSSR count). The minimum atomic E-state index is 0.943. The fraction of sp³-hybridized carbons (Fsp3) is 0.545. The molecule has 76 valence electrons. The van der Waals surface area contributed by atoms with Gasteiger partial charge in [-0.25, -0.2) is 0 Å². The molecule has 1 aliphatic heterocycles. The molecular formula is C11H17N3. The topological polar surface area (TPSA) is 20.5 Å². The first-order chi connectivity index (χ1) is 6.77. The molecule has 1 aliphatic rings. The second-order valence-electron chi connectivity index (χ2n) is 3.97. The number of likely N-dealkylation sites (N-methyl/N-ethyl adjacent to an activating group) is 1. The summed E-state index contributed by atoms with van der Waals surface area (Å²) in [6.45, 7) is 3.04. The zero-order valence-electron chi connectivity index (χ0n) is 8.90. The van der Waals surface area contributed by atoms with Gasteiger partial charge in [0, 0.05) is 31.0 Å². The van der Waals surface area contributed by atoms with Crippen molar-refractivity contribution in [2.24, 2.45) is 4.99 Å². The van der Waals surface area contributed by atoms with Crippen molar-refractivity contribution in [2.45, 2.75) is 13.0 Å². The van der Waals surface area contributed by atoms with Crippen LogP contribution in [0.15, 0.2) is 17.3 Å². The van der Waals surface area contributed by atoms with E-state index in [4.69, 9.17) is 0 Å². The second kappa shape index (κ2) is 3.96. The van der Waals surface area contributed by atoms with Gasteiger partial charge in [0.2, 0.25) is 0 Å². The monoisotopic (exact) mass is 191 g/mol. The molecule has 0 radical (unpaired) electrons. The zero-order chi connectivity index (χ0) is 9.97. The lowest BCUT2D eigenvalue weighted by Crippen LogP contribution is -2.34. The van der Waals surface area contributed by atoms with Crippen LogP contribution in [0.25, 0.3) is 6.08 Å². The second-order valence-corrected chi connectivity index (χ2v) is 3.97. The normalized spacial score (nSPS) is 14.8. The summed E-state index contributed by atoms with van der Waals surface area (Å²) in [5.41, 5.74) is 1.16. The maximum Gasteiger partial charge on any atom is 0.134 e. The van der Waals surface area contributed by atoms with Crippen LogP contribution in [-0.4, -0.2) is 36.7 Å². The molecule has 0 saturated heterocycles. The summed E-state index contributed by atoms with van der Waals surface area (Å²) in [5.74, 6) is 0. The first-order valence-corrected chi connectivity index (χ1v) is 5.12. The Balaban J connectivity index is 2.24. The van der Waals surface area contributed by atoms with Crippen molar-refractivity contribution in [1.82, 2.24) is 9.47 Å². The molecule has 0 amide bonds. The van der Waals surface area contributed by atoms with Gasteiger partial charge in [0.15, 0.2) is 0 Å². The van der Waals surface area contributed by atoms with E-state index in [-0.39, 0.29) is 0 Å². The van der Waals surface area contributed by atoms with Gasteiger partial charge in [-0.2, -0.15) is 0 Å². The van der Waals surface area contributed by atoms with E-state index in [0.29, 0.717) is 0 Å². The summed E-state index contributed by atoms with van der Waals surface area (Å²) < 4.78 is 2.24. The van der Waals surface area contributed by atoms with Crippen molar-refractivity contribution in [1.29, 1.82) is 0 Å². The molecule has 0 atom stereocenters. The predicted molar refractivity (Wildman–Crippen MR) is 57.7 cm³/mol. The van der Waals surface area contributed by atoms with Gasteiger partial charge >= 0.3 is 0 Å². The lowest BCUT2D eigenvalue weighted by Gasteiger charge is -2.10. The summed E-state index contributed by atoms with van der Waals surface area (Å²) in [6, 6.07) is 2.16. The molecule has 0 aromatic carbocycles. The lowest BCUT2D eigenvalue weighted by molar-refractivity contribution is 0.380. The van der Waals surface area contributed by atoms with Gasteiger partial charge in [0.1, 0.15) is 5.49 Å². The first kappa shape index (κ1) is 9.46. The highest BCUT2D eigenvalue weighted by atomic mass is 15.1. The van der Waals surface area contributed by atoms with Crippen LogP contribution in [0.5, 0.6) is 0 Å². The average molecular weight is 191 g/mol. The number of fused-ring (bicyclic) bond motifs is 1. The fourth-order valence-electron chi connectivity index (χ4n) is 1.70. The molecule has 14 heavy (non-hydrogen) atoms. The molecule has 0 unspecified atom stereocenters. The van der Waals surface area contributed by atoms with E-state index >= 15 is 0 Å². The summed E-state index contributed by atoms with van der Waals surface area (Å²) in [6.07, 6.45) is 5.50. The molecule has 0 saturated carbocycles. The van der Waals surface area contributed by atoms with Gasteiger partial charge in [-0.1, -0.05) is 6.08 Å². The van der Waals surface area contributed by atoms with Crippen LogP contribution >= 0.6 is 0 Å². The number of hydrogen-bond acceptors (Lipinski definition) is 2. The Kier molecular flexibility index (Phi) is 2.68. The third-order valence-electron chi connectivity index (χ3n) is 2.51. The van der Waals surface area contributed by atoms with Gasteiger partial charge in [-0.05, 0) is 26.6 Å². The van der Waals surface area contributed by atoms with E-state index in [1.807, 2.05) is 0 Å². The van der Waals surface area contributed by atoms with Crippen molar-refractivity contribution in [2.75, 3.05) is 27.2 Å². The molecule has 3 nitrogen and oxygen atoms in total. The highest BCUT2D eigenvalue weighted by Crippen LogP contribution is 1.89. The van der Waals surface area contributed by atoms with E-state index in [2.05, 4.69) is 46.9 Å². The summed E-state index contributed by atoms with van der Waals surface area (Å²) in [4.78, 5) is 6.74. The van der Waals surface area contributed by atoms with Crippen LogP contribution in [0.2, 0.25) is 0 Å². The van der Waals surface area contributed by atoms with Crippen LogP contribution in [0.3, 0.4) is 0 Å². The average Bonchev–Trinajstić information content (AvgIpc) is 2.58. The van der Waals surface area contributed by atoms with Gasteiger partial charge in [0.25, 0.3) is 0 Å². The van der Waals surface area contributed by atoms with E-state index < -0.39 is 0 Å². The van der Waals surface area contributed by atoms with Crippen molar-refractivity contribution in [3.8, 4) is 0 Å². The van der Waals surface area contributed by atoms with E-state index in [9.17, 15) is 0 Å². The number of nitrogens with zero attached hydrogens (tertiary/aromatic N) is 3. The van der Waals surface area contributed by atoms with Gasteiger partial charge < -0.3 is 9.47 Å². The van der Waals surface area contributed by atoms with Crippen LogP contribution in [0.1, 0.15) is 6.42 Å². The standard InChI is InChI=1S/C11H17N3/c1-13(2)8-9-14-7-5-10-4-3-6-12-11(10)14/h4-5,7H,3,6,8-9H2,1-2H3. The largest absolute Gasteiger partial charge is 0.332 e. The number of aromatic nitrogens is 1. The highest BCUT2D eigenvalue weighted by Gasteiger charge is 2.00. The Morgan fingerprint density at radius 1 is 1.50 bits per heavy atom. The zero-order valence-corrected chi connectivity index (χ0v) is 8.90. The summed E-state index contributed by atoms with van der Waals surface area (Å²) >= 11 is 0. The van der Waals surface area contributed by atoms with E-state index in [1.54, 1.807) is 0 Å². The summed E-state index contributed by atoms with van der Waals surface area (Å²) in [5, 5.41) is 1.30. The third-order valence-corrected chi connectivity index (χ3v) is 2.51. The van der Waals surface area contributed by atoms with Crippen molar-refractivity contribution in [3.05, 3.63) is 23.0 Å². The minimum Gasteiger partial charge on any atom is -0.332 e. The van der Waals surface area contributed by atoms with Crippen LogP contribution in [0, 0.1) is 0 Å². The Bertz CT molecular complexity index is 414. The molecule has 2 heterocycles. The first-order valence-electron chi connectivity index (χ1n) is 5.12. The minimum absolute atomic E-state index is 0.943. The van der Waals surface area contributed by atoms with E-state index in [1.165, 1.54) is 5.22 Å². The Morgan fingerprint density at radius 3 is 3.14 bits per heavy atom. The van der Waals surface area contributed by atoms with Crippen LogP contribution < -0.4 is 10.7 Å². The van der Waals surface area contributed by atoms with Gasteiger partial charge in [-0.15, -0.1) is 0 Å². The lowest BCUT2D eigenvalue weighted by atomic mass is 10.3. The maximum absolute atomic E-state index is 4.54. The van der Waals surface area contributed by atoms with Crippen molar-refractivity contribution in [3.63, 3.8) is 0 Å². The molecule has 0 N–H and O–H groups in total. The molecule has 1 aromatic rings. The Labute approximate surface area is 84.4 Å². The van der Waals surface area contributed by atoms with Crippen LogP contribution in [0.4, 0.5) is 0 Å². The molecule has 0 bridgehead atoms. The number of hydrogen-bond donors (Lipinski definition) is 0. The molecular weight excluding hydrogens is 174 g/mol. The highest BCUT2D eigenvalue weighted by molar-refractivity contribution is 5.23. The smallest absolute Gasteiger partial charge is 0.134 e.